The predicted octanol–water partition coefficient (Wildman–Crippen LogP) is 5.22. The van der Waals surface area contributed by atoms with Crippen LogP contribution in [0.1, 0.15) is 63.6 Å². The monoisotopic (exact) mass is 282 g/mol. The summed E-state index contributed by atoms with van der Waals surface area (Å²) in [7, 11) is 0. The van der Waals surface area contributed by atoms with Crippen LogP contribution in [0.2, 0.25) is 0 Å². The molecule has 0 saturated heterocycles. The Bertz CT molecular complexity index is 676. The number of rotatable bonds is 0. The summed E-state index contributed by atoms with van der Waals surface area (Å²) < 4.78 is 0. The third-order valence-electron chi connectivity index (χ3n) is 3.72. The molecule has 1 heterocycles. The average Bonchev–Trinajstić information content (AvgIpc) is 2.46. The van der Waals surface area contributed by atoms with E-state index < -0.39 is 0 Å². The molecule has 0 unspecified atom stereocenters. The Morgan fingerprint density at radius 3 is 2.43 bits per heavy atom. The normalized spacial score (nSPS) is 13.6. The molecule has 0 amide bonds. The molecule has 0 N–H and O–H groups in total. The van der Waals surface area contributed by atoms with Gasteiger partial charge in [0.2, 0.25) is 0 Å². The largest absolute Gasteiger partial charge is 0.249 e. The lowest BCUT2D eigenvalue weighted by molar-refractivity contribution is 0.590. The van der Waals surface area contributed by atoms with Gasteiger partial charge in [0.05, 0.1) is 22.4 Å². The van der Waals surface area contributed by atoms with E-state index in [-0.39, 0.29) is 5.41 Å². The fourth-order valence-corrected chi connectivity index (χ4v) is 2.95. The van der Waals surface area contributed by atoms with Gasteiger partial charge in [-0.15, -0.1) is 0 Å². The van der Waals surface area contributed by atoms with Gasteiger partial charge >= 0.3 is 0 Å². The Morgan fingerprint density at radius 2 is 1.76 bits per heavy atom. The summed E-state index contributed by atoms with van der Waals surface area (Å²) in [6, 6.07) is 4.26. The third kappa shape index (κ3) is 2.99. The van der Waals surface area contributed by atoms with Crippen LogP contribution >= 0.6 is 0 Å². The average molecular weight is 282 g/mol. The van der Waals surface area contributed by atoms with Crippen molar-refractivity contribution in [3.63, 3.8) is 0 Å². The van der Waals surface area contributed by atoms with Gasteiger partial charge in [0.25, 0.3) is 0 Å². The predicted molar refractivity (Wildman–Crippen MR) is 91.7 cm³/mol. The van der Waals surface area contributed by atoms with Crippen molar-refractivity contribution in [3.8, 4) is 0 Å². The molecule has 0 saturated carbocycles. The van der Waals surface area contributed by atoms with Gasteiger partial charge in [-0.3, -0.25) is 0 Å². The molecule has 0 fully saturated rings. The highest BCUT2D eigenvalue weighted by Gasteiger charge is 2.22. The number of aromatic nitrogens is 2. The molecular weight excluding hydrogens is 256 g/mol. The molecule has 112 valence electrons. The van der Waals surface area contributed by atoms with Gasteiger partial charge < -0.3 is 0 Å². The summed E-state index contributed by atoms with van der Waals surface area (Å²) in [5.74, 6) is 0. The summed E-state index contributed by atoms with van der Waals surface area (Å²) in [5, 5.41) is 0. The maximum atomic E-state index is 4.93. The third-order valence-corrected chi connectivity index (χ3v) is 3.72. The summed E-state index contributed by atoms with van der Waals surface area (Å²) in [6.45, 7) is 12.9. The minimum Gasteiger partial charge on any atom is -0.249 e. The van der Waals surface area contributed by atoms with Crippen LogP contribution < -0.4 is 0 Å². The molecule has 0 atom stereocenters. The van der Waals surface area contributed by atoms with Crippen molar-refractivity contribution in [2.24, 2.45) is 0 Å². The second-order valence-corrected chi connectivity index (χ2v) is 6.37. The van der Waals surface area contributed by atoms with E-state index in [1.165, 1.54) is 11.1 Å². The molecule has 2 nitrogen and oxygen atoms in total. The molecule has 3 rings (SSSR count). The van der Waals surface area contributed by atoms with Crippen LogP contribution in [-0.4, -0.2) is 9.97 Å². The molecule has 1 aliphatic rings. The SMILES string of the molecule is CC.Cc1ccc2nc3c(nc2c1C(C)(C)C)CCC=C3. The minimum absolute atomic E-state index is 0.0943. The molecule has 0 radical (unpaired) electrons. The summed E-state index contributed by atoms with van der Waals surface area (Å²) >= 11 is 0. The number of allylic oxidation sites excluding steroid dienone is 1. The van der Waals surface area contributed by atoms with Crippen molar-refractivity contribution in [2.75, 3.05) is 0 Å². The van der Waals surface area contributed by atoms with Gasteiger partial charge in [0.1, 0.15) is 0 Å². The second kappa shape index (κ2) is 5.97. The van der Waals surface area contributed by atoms with E-state index in [0.717, 1.165) is 35.3 Å². The Kier molecular flexibility index (Phi) is 4.46. The lowest BCUT2D eigenvalue weighted by Gasteiger charge is -2.24. The van der Waals surface area contributed by atoms with Crippen LogP contribution in [0.15, 0.2) is 18.2 Å². The van der Waals surface area contributed by atoms with Crippen LogP contribution in [-0.2, 0) is 11.8 Å². The Morgan fingerprint density at radius 1 is 1.05 bits per heavy atom. The van der Waals surface area contributed by atoms with Crippen LogP contribution in [0.4, 0.5) is 0 Å². The van der Waals surface area contributed by atoms with E-state index in [0.29, 0.717) is 0 Å². The summed E-state index contributed by atoms with van der Waals surface area (Å²) in [5.41, 5.74) is 7.02. The van der Waals surface area contributed by atoms with E-state index in [1.54, 1.807) is 0 Å². The molecule has 2 heteroatoms. The van der Waals surface area contributed by atoms with Gasteiger partial charge in [-0.1, -0.05) is 46.8 Å². The fraction of sp³-hybridized carbons (Fsp3) is 0.474. The Balaban J connectivity index is 0.000000774. The van der Waals surface area contributed by atoms with Gasteiger partial charge in [0, 0.05) is 0 Å². The van der Waals surface area contributed by atoms with E-state index in [1.807, 2.05) is 13.8 Å². The van der Waals surface area contributed by atoms with Crippen LogP contribution in [0.3, 0.4) is 0 Å². The number of nitrogens with zero attached hydrogens (tertiary/aromatic N) is 2. The van der Waals surface area contributed by atoms with Crippen molar-refractivity contribution >= 4 is 17.1 Å². The van der Waals surface area contributed by atoms with E-state index in [4.69, 9.17) is 9.97 Å². The molecule has 1 aromatic carbocycles. The summed E-state index contributed by atoms with van der Waals surface area (Å²) in [6.07, 6.45) is 6.36. The van der Waals surface area contributed by atoms with Crippen LogP contribution in [0.25, 0.3) is 17.1 Å². The molecule has 1 aliphatic carbocycles. The number of hydrogen-bond acceptors (Lipinski definition) is 2. The molecule has 1 aromatic heterocycles. The van der Waals surface area contributed by atoms with Gasteiger partial charge in [0.15, 0.2) is 0 Å². The number of aryl methyl sites for hydroxylation is 2. The maximum absolute atomic E-state index is 4.93. The first-order chi connectivity index (χ1) is 9.97. The molecular formula is C19H26N2. The van der Waals surface area contributed by atoms with Crippen LogP contribution in [0.5, 0.6) is 0 Å². The highest BCUT2D eigenvalue weighted by Crippen LogP contribution is 2.32. The molecule has 21 heavy (non-hydrogen) atoms. The van der Waals surface area contributed by atoms with Crippen molar-refractivity contribution in [3.05, 3.63) is 40.7 Å². The summed E-state index contributed by atoms with van der Waals surface area (Å²) in [4.78, 5) is 9.71. The molecule has 0 spiro atoms. The van der Waals surface area contributed by atoms with Crippen LogP contribution in [0, 0.1) is 6.92 Å². The first-order valence-electron chi connectivity index (χ1n) is 7.94. The topological polar surface area (TPSA) is 25.8 Å². The smallest absolute Gasteiger partial charge is 0.0930 e. The van der Waals surface area contributed by atoms with Crippen molar-refractivity contribution in [2.45, 2.75) is 59.8 Å². The molecule has 0 bridgehead atoms. The van der Waals surface area contributed by atoms with Gasteiger partial charge in [-0.05, 0) is 48.4 Å². The van der Waals surface area contributed by atoms with Crippen molar-refractivity contribution in [1.29, 1.82) is 0 Å². The van der Waals surface area contributed by atoms with E-state index >= 15 is 0 Å². The zero-order valence-electron chi connectivity index (χ0n) is 14.1. The Labute approximate surface area is 128 Å². The van der Waals surface area contributed by atoms with Gasteiger partial charge in [-0.2, -0.15) is 0 Å². The van der Waals surface area contributed by atoms with E-state index in [9.17, 15) is 0 Å². The standard InChI is InChI=1S/C17H20N2.C2H6/c1-11-9-10-14-16(15(11)17(2,3)4)19-13-8-6-5-7-12(13)18-14;1-2/h5,7,9-10H,6,8H2,1-4H3;1-2H3. The minimum atomic E-state index is 0.0943. The quantitative estimate of drug-likeness (QED) is 0.662. The zero-order chi connectivity index (χ0) is 15.6. The second-order valence-electron chi connectivity index (χ2n) is 6.37. The van der Waals surface area contributed by atoms with Crippen molar-refractivity contribution < 1.29 is 0 Å². The molecule has 0 aliphatic heterocycles. The fourth-order valence-electron chi connectivity index (χ4n) is 2.95. The highest BCUT2D eigenvalue weighted by molar-refractivity contribution is 5.82. The number of hydrogen-bond donors (Lipinski definition) is 0. The zero-order valence-corrected chi connectivity index (χ0v) is 14.1. The first-order valence-corrected chi connectivity index (χ1v) is 7.94. The first kappa shape index (κ1) is 15.7. The number of benzene rings is 1. The van der Waals surface area contributed by atoms with Crippen molar-refractivity contribution in [1.82, 2.24) is 9.97 Å². The lowest BCUT2D eigenvalue weighted by Crippen LogP contribution is -2.15. The molecule has 2 aromatic rings. The highest BCUT2D eigenvalue weighted by atomic mass is 14.8. The maximum Gasteiger partial charge on any atom is 0.0930 e. The number of fused-ring (bicyclic) bond motifs is 2. The lowest BCUT2D eigenvalue weighted by atomic mass is 9.83. The van der Waals surface area contributed by atoms with Gasteiger partial charge in [-0.25, -0.2) is 9.97 Å². The van der Waals surface area contributed by atoms with E-state index in [2.05, 4.69) is 52.0 Å². The Hall–Kier alpha value is -1.70.